The topological polar surface area (TPSA) is 79.8 Å². The minimum absolute atomic E-state index is 0.235. The van der Waals surface area contributed by atoms with Crippen molar-refractivity contribution < 1.29 is 0 Å². The van der Waals surface area contributed by atoms with Gasteiger partial charge in [0, 0.05) is 26.2 Å². The lowest BCUT2D eigenvalue weighted by Crippen LogP contribution is -2.31. The van der Waals surface area contributed by atoms with Gasteiger partial charge in [-0.15, -0.1) is 0 Å². The maximum Gasteiger partial charge on any atom is 0.161 e. The molecule has 0 aromatic carbocycles. The van der Waals surface area contributed by atoms with Gasteiger partial charge in [-0.05, 0) is 30.7 Å². The van der Waals surface area contributed by atoms with Gasteiger partial charge in [0.15, 0.2) is 11.4 Å². The van der Waals surface area contributed by atoms with Gasteiger partial charge < -0.3 is 9.80 Å². The third-order valence-corrected chi connectivity index (χ3v) is 4.63. The summed E-state index contributed by atoms with van der Waals surface area (Å²) >= 11 is 11.9. The number of rotatable bonds is 2. The molecule has 2 aromatic heterocycles. The molecule has 0 spiro atoms. The average Bonchev–Trinajstić information content (AvgIpc) is 2.89. The molecule has 3 rings (SSSR count). The van der Waals surface area contributed by atoms with E-state index in [-0.39, 0.29) is 11.4 Å². The van der Waals surface area contributed by atoms with Crippen LogP contribution in [-0.4, -0.2) is 36.1 Å². The van der Waals surface area contributed by atoms with E-state index in [0.29, 0.717) is 10.0 Å². The molecule has 0 amide bonds. The summed E-state index contributed by atoms with van der Waals surface area (Å²) in [6.45, 7) is 3.08. The highest BCUT2D eigenvalue weighted by molar-refractivity contribution is 6.31. The number of nitriles is 2. The minimum atomic E-state index is 0.235. The Morgan fingerprint density at radius 1 is 0.760 bits per heavy atom. The molecule has 1 aliphatic heterocycles. The van der Waals surface area contributed by atoms with Crippen molar-refractivity contribution in [2.45, 2.75) is 6.42 Å². The van der Waals surface area contributed by atoms with Crippen molar-refractivity contribution in [2.24, 2.45) is 0 Å². The number of hydrogen-bond donors (Lipinski definition) is 0. The van der Waals surface area contributed by atoms with Crippen LogP contribution in [0.2, 0.25) is 10.0 Å². The van der Waals surface area contributed by atoms with E-state index in [1.807, 2.05) is 24.3 Å². The Morgan fingerprint density at radius 2 is 1.20 bits per heavy atom. The molecule has 0 unspecified atom stereocenters. The number of anilines is 2. The Labute approximate surface area is 155 Å². The van der Waals surface area contributed by atoms with Crippen LogP contribution in [0.25, 0.3) is 0 Å². The van der Waals surface area contributed by atoms with Crippen LogP contribution in [0.4, 0.5) is 11.6 Å². The van der Waals surface area contributed by atoms with Crippen LogP contribution < -0.4 is 9.80 Å². The maximum atomic E-state index is 9.09. The number of pyridine rings is 2. The molecule has 8 heteroatoms. The first-order chi connectivity index (χ1) is 12.1. The SMILES string of the molecule is N#Cc1nc(N2CCCN(c3ccc(Cl)c(C#N)n3)CC2)ccc1Cl. The number of aromatic nitrogens is 2. The predicted molar refractivity (Wildman–Crippen MR) is 97.0 cm³/mol. The zero-order valence-corrected chi connectivity index (χ0v) is 14.8. The highest BCUT2D eigenvalue weighted by atomic mass is 35.5. The summed E-state index contributed by atoms with van der Waals surface area (Å²) < 4.78 is 0. The highest BCUT2D eigenvalue weighted by Gasteiger charge is 2.18. The first-order valence-corrected chi connectivity index (χ1v) is 8.51. The van der Waals surface area contributed by atoms with Crippen molar-refractivity contribution in [3.05, 3.63) is 45.7 Å². The molecule has 2 aromatic rings. The van der Waals surface area contributed by atoms with Gasteiger partial charge >= 0.3 is 0 Å². The lowest BCUT2D eigenvalue weighted by Gasteiger charge is -2.23. The maximum absolute atomic E-state index is 9.09. The van der Waals surface area contributed by atoms with Crippen molar-refractivity contribution in [3.63, 3.8) is 0 Å². The third-order valence-electron chi connectivity index (χ3n) is 4.02. The molecule has 6 nitrogen and oxygen atoms in total. The van der Waals surface area contributed by atoms with Crippen LogP contribution in [0.3, 0.4) is 0 Å². The highest BCUT2D eigenvalue weighted by Crippen LogP contribution is 2.23. The second-order valence-corrected chi connectivity index (χ2v) is 6.37. The van der Waals surface area contributed by atoms with E-state index >= 15 is 0 Å². The van der Waals surface area contributed by atoms with Gasteiger partial charge in [-0.25, -0.2) is 9.97 Å². The largest absolute Gasteiger partial charge is 0.355 e. The first kappa shape index (κ1) is 17.3. The van der Waals surface area contributed by atoms with Crippen LogP contribution in [0.1, 0.15) is 17.8 Å². The van der Waals surface area contributed by atoms with Gasteiger partial charge in [0.1, 0.15) is 23.8 Å². The van der Waals surface area contributed by atoms with E-state index in [0.717, 1.165) is 44.2 Å². The molecule has 1 fully saturated rings. The van der Waals surface area contributed by atoms with E-state index in [1.165, 1.54) is 0 Å². The van der Waals surface area contributed by atoms with E-state index in [1.54, 1.807) is 12.1 Å². The first-order valence-electron chi connectivity index (χ1n) is 7.75. The fourth-order valence-corrected chi connectivity index (χ4v) is 3.04. The molecule has 0 radical (unpaired) electrons. The Bertz CT molecular complexity index is 799. The van der Waals surface area contributed by atoms with E-state index in [2.05, 4.69) is 19.8 Å². The third kappa shape index (κ3) is 3.76. The molecule has 1 aliphatic rings. The molecule has 126 valence electrons. The van der Waals surface area contributed by atoms with Crippen LogP contribution in [0, 0.1) is 22.7 Å². The molecule has 0 bridgehead atoms. The molecule has 3 heterocycles. The standard InChI is InChI=1S/C17H14Cl2N6/c18-12-2-4-16(22-14(12)10-20)24-6-1-7-25(9-8-24)17-5-3-13(19)15(11-21)23-17/h2-5H,1,6-9H2. The fraction of sp³-hybridized carbons (Fsp3) is 0.294. The van der Waals surface area contributed by atoms with Crippen LogP contribution in [0.15, 0.2) is 24.3 Å². The van der Waals surface area contributed by atoms with Crippen LogP contribution in [0.5, 0.6) is 0 Å². The Morgan fingerprint density at radius 3 is 1.60 bits per heavy atom. The summed E-state index contributed by atoms with van der Waals surface area (Å²) in [4.78, 5) is 12.9. The Balaban J connectivity index is 1.77. The molecule has 0 atom stereocenters. The summed E-state index contributed by atoms with van der Waals surface area (Å²) in [6, 6.07) is 11.1. The van der Waals surface area contributed by atoms with Gasteiger partial charge in [-0.1, -0.05) is 23.2 Å². The molecule has 0 N–H and O–H groups in total. The molecular weight excluding hydrogens is 359 g/mol. The van der Waals surface area contributed by atoms with Crippen molar-refractivity contribution in [1.82, 2.24) is 9.97 Å². The van der Waals surface area contributed by atoms with E-state index < -0.39 is 0 Å². The van der Waals surface area contributed by atoms with E-state index in [9.17, 15) is 0 Å². The predicted octanol–water partition coefficient (Wildman–Crippen LogP) is 3.24. The number of hydrogen-bond acceptors (Lipinski definition) is 6. The number of halogens is 2. The minimum Gasteiger partial charge on any atom is -0.355 e. The second kappa shape index (κ2) is 7.57. The van der Waals surface area contributed by atoms with Crippen LogP contribution in [-0.2, 0) is 0 Å². The smallest absolute Gasteiger partial charge is 0.161 e. The average molecular weight is 373 g/mol. The lowest BCUT2D eigenvalue weighted by molar-refractivity contribution is 0.793. The molecule has 0 saturated carbocycles. The molecular formula is C17H14Cl2N6. The zero-order valence-electron chi connectivity index (χ0n) is 13.3. The van der Waals surface area contributed by atoms with E-state index in [4.69, 9.17) is 33.7 Å². The van der Waals surface area contributed by atoms with Gasteiger partial charge in [0.25, 0.3) is 0 Å². The van der Waals surface area contributed by atoms with Crippen molar-refractivity contribution in [3.8, 4) is 12.1 Å². The molecule has 1 saturated heterocycles. The summed E-state index contributed by atoms with van der Waals surface area (Å²) in [5.41, 5.74) is 0.469. The Kier molecular flexibility index (Phi) is 5.23. The summed E-state index contributed by atoms with van der Waals surface area (Å²) in [7, 11) is 0. The second-order valence-electron chi connectivity index (χ2n) is 5.55. The van der Waals surface area contributed by atoms with Crippen molar-refractivity contribution in [1.29, 1.82) is 10.5 Å². The van der Waals surface area contributed by atoms with Gasteiger partial charge in [0.05, 0.1) is 10.0 Å². The zero-order chi connectivity index (χ0) is 17.8. The summed E-state index contributed by atoms with van der Waals surface area (Å²) in [5, 5.41) is 18.9. The Hall–Kier alpha value is -2.54. The van der Waals surface area contributed by atoms with Crippen LogP contribution >= 0.6 is 23.2 Å². The van der Waals surface area contributed by atoms with Crippen molar-refractivity contribution >= 4 is 34.8 Å². The molecule has 0 aliphatic carbocycles. The summed E-state index contributed by atoms with van der Waals surface area (Å²) in [6.07, 6.45) is 0.901. The number of nitrogens with zero attached hydrogens (tertiary/aromatic N) is 6. The van der Waals surface area contributed by atoms with Crippen molar-refractivity contribution in [2.75, 3.05) is 36.0 Å². The normalized spacial score (nSPS) is 14.6. The van der Waals surface area contributed by atoms with Gasteiger partial charge in [0.2, 0.25) is 0 Å². The fourth-order valence-electron chi connectivity index (χ4n) is 2.75. The quantitative estimate of drug-likeness (QED) is 0.804. The van der Waals surface area contributed by atoms with Gasteiger partial charge in [-0.2, -0.15) is 10.5 Å². The molecule has 25 heavy (non-hydrogen) atoms. The lowest BCUT2D eigenvalue weighted by atomic mass is 10.3. The summed E-state index contributed by atoms with van der Waals surface area (Å²) in [5.74, 6) is 1.48. The van der Waals surface area contributed by atoms with Gasteiger partial charge in [-0.3, -0.25) is 0 Å². The monoisotopic (exact) mass is 372 g/mol.